The molecule has 0 aliphatic rings. The monoisotopic (exact) mass is 469 g/mol. The highest BCUT2D eigenvalue weighted by Crippen LogP contribution is 2.30. The number of pyridine rings is 1. The lowest BCUT2D eigenvalue weighted by atomic mass is 9.94. The maximum atomic E-state index is 15.4. The van der Waals surface area contributed by atoms with Crippen molar-refractivity contribution in [1.29, 1.82) is 0 Å². The van der Waals surface area contributed by atoms with E-state index < -0.39 is 35.9 Å². The Morgan fingerprint density at radius 1 is 1.21 bits per heavy atom. The number of rotatable bonds is 6. The highest BCUT2D eigenvalue weighted by molar-refractivity contribution is 5.97. The summed E-state index contributed by atoms with van der Waals surface area (Å²) >= 11 is 0. The van der Waals surface area contributed by atoms with Gasteiger partial charge in [0.15, 0.2) is 11.3 Å². The molecule has 0 fully saturated rings. The minimum absolute atomic E-state index is 0.0682. The summed E-state index contributed by atoms with van der Waals surface area (Å²) in [5.74, 6) is -2.07. The summed E-state index contributed by atoms with van der Waals surface area (Å²) in [5.41, 5.74) is 4.56. The fourth-order valence-corrected chi connectivity index (χ4v) is 3.67. The molecule has 0 spiro atoms. The Kier molecular flexibility index (Phi) is 6.01. The third-order valence-corrected chi connectivity index (χ3v) is 5.59. The number of nitrogens with one attached hydrogen (secondary N) is 1. The smallest absolute Gasteiger partial charge is 0.254 e. The number of halogens is 3. The fraction of sp³-hybridized carbons (Fsp3) is 0.208. The summed E-state index contributed by atoms with van der Waals surface area (Å²) in [5, 5.41) is 16.7. The number of anilines is 1. The van der Waals surface area contributed by atoms with Crippen LogP contribution in [0.5, 0.6) is 0 Å². The summed E-state index contributed by atoms with van der Waals surface area (Å²) in [6.45, 7) is 2.06. The van der Waals surface area contributed by atoms with Crippen molar-refractivity contribution >= 4 is 17.5 Å². The Morgan fingerprint density at radius 3 is 2.62 bits per heavy atom. The van der Waals surface area contributed by atoms with Crippen LogP contribution in [0, 0.1) is 18.6 Å². The molecule has 0 saturated heterocycles. The quantitative estimate of drug-likeness (QED) is 0.399. The number of nitrogen functional groups attached to an aromatic ring is 1. The van der Waals surface area contributed by atoms with Crippen LogP contribution in [0.1, 0.15) is 34.5 Å². The van der Waals surface area contributed by atoms with Gasteiger partial charge in [0.05, 0.1) is 12.1 Å². The summed E-state index contributed by atoms with van der Waals surface area (Å²) in [4.78, 5) is 16.9. The molecule has 7 nitrogen and oxygen atoms in total. The number of nitrogens with two attached hydrogens (primary N) is 1. The van der Waals surface area contributed by atoms with E-state index in [1.54, 1.807) is 31.3 Å². The number of hydrogen-bond donors (Lipinski definition) is 3. The number of aromatic nitrogens is 3. The summed E-state index contributed by atoms with van der Waals surface area (Å²) in [7, 11) is 0. The minimum atomic E-state index is -2.30. The molecular weight excluding hydrogens is 447 g/mol. The molecule has 0 radical (unpaired) electrons. The zero-order valence-electron chi connectivity index (χ0n) is 18.4. The number of nitrogens with zero attached hydrogens (tertiary/aromatic N) is 3. The first-order valence-corrected chi connectivity index (χ1v) is 10.4. The van der Waals surface area contributed by atoms with Crippen molar-refractivity contribution in [1.82, 2.24) is 19.9 Å². The van der Waals surface area contributed by atoms with E-state index in [0.29, 0.717) is 16.8 Å². The molecule has 4 aromatic rings. The first kappa shape index (κ1) is 23.2. The second kappa shape index (κ2) is 8.79. The van der Waals surface area contributed by atoms with E-state index in [0.717, 1.165) is 19.1 Å². The van der Waals surface area contributed by atoms with E-state index in [4.69, 9.17) is 5.73 Å². The maximum absolute atomic E-state index is 15.4. The van der Waals surface area contributed by atoms with Crippen LogP contribution in [-0.4, -0.2) is 37.8 Å². The van der Waals surface area contributed by atoms with Gasteiger partial charge in [0.1, 0.15) is 17.7 Å². The number of carbonyl (C=O) groups is 1. The van der Waals surface area contributed by atoms with Gasteiger partial charge in [0.25, 0.3) is 5.91 Å². The van der Waals surface area contributed by atoms with Crippen molar-refractivity contribution in [2.45, 2.75) is 25.6 Å². The number of aliphatic hydroxyl groups is 1. The van der Waals surface area contributed by atoms with E-state index in [9.17, 15) is 14.3 Å². The Morgan fingerprint density at radius 2 is 1.91 bits per heavy atom. The summed E-state index contributed by atoms with van der Waals surface area (Å²) in [6, 6.07) is 11.0. The van der Waals surface area contributed by atoms with Crippen LogP contribution < -0.4 is 11.1 Å². The molecule has 0 bridgehead atoms. The highest BCUT2D eigenvalue weighted by atomic mass is 19.1. The van der Waals surface area contributed by atoms with Crippen LogP contribution in [0.4, 0.5) is 19.1 Å². The number of fused-ring (bicyclic) bond motifs is 1. The van der Waals surface area contributed by atoms with E-state index in [2.05, 4.69) is 15.4 Å². The van der Waals surface area contributed by atoms with Crippen molar-refractivity contribution < 1.29 is 23.1 Å². The molecular formula is C24H22F3N5O2. The van der Waals surface area contributed by atoms with Crippen molar-refractivity contribution in [2.75, 3.05) is 12.3 Å². The van der Waals surface area contributed by atoms with E-state index >= 15 is 8.78 Å². The largest absolute Gasteiger partial charge is 0.385 e. The number of amides is 1. The van der Waals surface area contributed by atoms with Gasteiger partial charge in [-0.3, -0.25) is 4.79 Å². The third kappa shape index (κ3) is 4.44. The van der Waals surface area contributed by atoms with Crippen molar-refractivity contribution in [3.8, 4) is 11.1 Å². The Balaban J connectivity index is 1.57. The molecule has 34 heavy (non-hydrogen) atoms. The number of alkyl halides is 1. The van der Waals surface area contributed by atoms with Gasteiger partial charge in [-0.05, 0) is 54.8 Å². The molecule has 0 aliphatic carbocycles. The predicted molar refractivity (Wildman–Crippen MR) is 121 cm³/mol. The van der Waals surface area contributed by atoms with Gasteiger partial charge in [-0.2, -0.15) is 4.98 Å². The lowest BCUT2D eigenvalue weighted by Crippen LogP contribution is -2.42. The van der Waals surface area contributed by atoms with Gasteiger partial charge >= 0.3 is 0 Å². The molecule has 2 atom stereocenters. The Hall–Kier alpha value is -3.92. The summed E-state index contributed by atoms with van der Waals surface area (Å²) in [6.07, 6.45) is -0.0636. The molecule has 10 heteroatoms. The number of carbonyl (C=O) groups excluding carboxylic acids is 1. The van der Waals surface area contributed by atoms with Crippen LogP contribution in [0.2, 0.25) is 0 Å². The van der Waals surface area contributed by atoms with E-state index in [1.807, 2.05) is 0 Å². The van der Waals surface area contributed by atoms with Gasteiger partial charge in [0, 0.05) is 11.8 Å². The van der Waals surface area contributed by atoms with Gasteiger partial charge in [-0.15, -0.1) is 5.10 Å². The van der Waals surface area contributed by atoms with E-state index in [-0.39, 0.29) is 22.6 Å². The van der Waals surface area contributed by atoms with Crippen LogP contribution in [0.3, 0.4) is 0 Å². The lowest BCUT2D eigenvalue weighted by molar-refractivity contribution is 0.00351. The zero-order valence-corrected chi connectivity index (χ0v) is 18.4. The average molecular weight is 469 g/mol. The SMILES string of the molecule is Cc1ccc(-c2ccn3nc(N)nc3c2)c(F)c1C(=O)NCC(C)(F)C(O)c1ccc(F)cc1. The molecule has 2 unspecified atom stereocenters. The van der Waals surface area contributed by atoms with Crippen molar-refractivity contribution in [2.24, 2.45) is 0 Å². The minimum Gasteiger partial charge on any atom is -0.385 e. The Bertz CT molecular complexity index is 1370. The summed E-state index contributed by atoms with van der Waals surface area (Å²) < 4.78 is 45.2. The molecule has 1 amide bonds. The third-order valence-electron chi connectivity index (χ3n) is 5.59. The predicted octanol–water partition coefficient (Wildman–Crippen LogP) is 3.76. The Labute approximate surface area is 193 Å². The zero-order chi connectivity index (χ0) is 24.6. The average Bonchev–Trinajstić information content (AvgIpc) is 3.17. The first-order chi connectivity index (χ1) is 16.1. The standard InChI is InChI=1S/C24H22F3N5O2/c1-13-3-8-17(15-9-10-32-18(11-15)30-23(28)31-32)20(26)19(13)22(34)29-12-24(2,27)21(33)14-4-6-16(25)7-5-14/h3-11,21,33H,12H2,1-2H3,(H2,28,31)(H,29,34). The lowest BCUT2D eigenvalue weighted by Gasteiger charge is -2.27. The number of aliphatic hydroxyl groups excluding tert-OH is 1. The fourth-order valence-electron chi connectivity index (χ4n) is 3.67. The van der Waals surface area contributed by atoms with Gasteiger partial charge < -0.3 is 16.2 Å². The molecule has 176 valence electrons. The molecule has 2 aromatic heterocycles. The highest BCUT2D eigenvalue weighted by Gasteiger charge is 2.35. The van der Waals surface area contributed by atoms with Crippen LogP contribution >= 0.6 is 0 Å². The van der Waals surface area contributed by atoms with Crippen molar-refractivity contribution in [3.63, 3.8) is 0 Å². The maximum Gasteiger partial charge on any atom is 0.254 e. The van der Waals surface area contributed by atoms with Crippen molar-refractivity contribution in [3.05, 3.63) is 83.1 Å². The topological polar surface area (TPSA) is 106 Å². The second-order valence-electron chi connectivity index (χ2n) is 8.22. The molecule has 2 aromatic carbocycles. The number of aryl methyl sites for hydroxylation is 1. The second-order valence-corrected chi connectivity index (χ2v) is 8.22. The van der Waals surface area contributed by atoms with Gasteiger partial charge in [-0.25, -0.2) is 17.7 Å². The molecule has 2 heterocycles. The van der Waals surface area contributed by atoms with Gasteiger partial charge in [0.2, 0.25) is 5.95 Å². The molecule has 0 aliphatic heterocycles. The van der Waals surface area contributed by atoms with Crippen LogP contribution in [0.15, 0.2) is 54.7 Å². The van der Waals surface area contributed by atoms with Crippen LogP contribution in [0.25, 0.3) is 16.8 Å². The first-order valence-electron chi connectivity index (χ1n) is 10.4. The van der Waals surface area contributed by atoms with Crippen LogP contribution in [-0.2, 0) is 0 Å². The number of hydrogen-bond acceptors (Lipinski definition) is 5. The molecule has 4 rings (SSSR count). The van der Waals surface area contributed by atoms with Gasteiger partial charge in [-0.1, -0.05) is 24.3 Å². The molecule has 0 saturated carbocycles. The normalized spacial score (nSPS) is 14.1. The number of benzene rings is 2. The van der Waals surface area contributed by atoms with E-state index in [1.165, 1.54) is 22.7 Å². The molecule has 4 N–H and O–H groups in total.